The highest BCUT2D eigenvalue weighted by Crippen LogP contribution is 2.37. The largest absolute Gasteiger partial charge is 0.508 e. The van der Waals surface area contributed by atoms with Crippen LogP contribution in [-0.4, -0.2) is 16.4 Å². The second kappa shape index (κ2) is 6.28. The van der Waals surface area contributed by atoms with E-state index in [9.17, 15) is 10.2 Å². The van der Waals surface area contributed by atoms with Crippen LogP contribution in [0.2, 0.25) is 0 Å². The van der Waals surface area contributed by atoms with Gasteiger partial charge in [-0.2, -0.15) is 0 Å². The topological polar surface area (TPSA) is 52.8 Å². The van der Waals surface area contributed by atoms with Crippen LogP contribution in [0.3, 0.4) is 0 Å². The summed E-state index contributed by atoms with van der Waals surface area (Å²) in [6, 6.07) is 6.74. The molecular formula is C14H10Br3NO2. The molecule has 0 aromatic heterocycles. The summed E-state index contributed by atoms with van der Waals surface area (Å²) in [6.07, 6.45) is 1.58. The zero-order chi connectivity index (χ0) is 14.9. The Morgan fingerprint density at radius 1 is 1.00 bits per heavy atom. The quantitative estimate of drug-likeness (QED) is 0.582. The second-order valence-electron chi connectivity index (χ2n) is 4.18. The van der Waals surface area contributed by atoms with Crippen LogP contribution in [0.5, 0.6) is 11.5 Å². The van der Waals surface area contributed by atoms with Crippen molar-refractivity contribution in [1.29, 1.82) is 0 Å². The molecule has 0 amide bonds. The second-order valence-corrected chi connectivity index (χ2v) is 6.80. The number of nitrogens with zero attached hydrogens (tertiary/aromatic N) is 1. The molecule has 20 heavy (non-hydrogen) atoms. The van der Waals surface area contributed by atoms with Crippen LogP contribution in [0.25, 0.3) is 0 Å². The number of halogens is 3. The third-order valence-electron chi connectivity index (χ3n) is 2.63. The van der Waals surface area contributed by atoms with Crippen molar-refractivity contribution in [3.63, 3.8) is 0 Å². The van der Waals surface area contributed by atoms with Gasteiger partial charge in [0, 0.05) is 25.2 Å². The Hall–Kier alpha value is -0.850. The number of hydrogen-bond donors (Lipinski definition) is 2. The highest BCUT2D eigenvalue weighted by atomic mass is 79.9. The summed E-state index contributed by atoms with van der Waals surface area (Å²) in [7, 11) is 0. The monoisotopic (exact) mass is 461 g/mol. The Balaban J connectivity index is 2.45. The van der Waals surface area contributed by atoms with E-state index in [2.05, 4.69) is 52.8 Å². The van der Waals surface area contributed by atoms with Crippen LogP contribution in [0, 0.1) is 6.92 Å². The number of aliphatic imine (C=N–C) groups is 1. The van der Waals surface area contributed by atoms with Crippen molar-refractivity contribution in [2.75, 3.05) is 0 Å². The summed E-state index contributed by atoms with van der Waals surface area (Å²) < 4.78 is 2.19. The minimum atomic E-state index is 0.142. The zero-order valence-corrected chi connectivity index (χ0v) is 15.1. The molecule has 0 unspecified atom stereocenters. The van der Waals surface area contributed by atoms with Gasteiger partial charge in [-0.1, -0.05) is 15.9 Å². The van der Waals surface area contributed by atoms with E-state index in [0.717, 1.165) is 10.0 Å². The van der Waals surface area contributed by atoms with E-state index in [1.807, 2.05) is 13.0 Å². The van der Waals surface area contributed by atoms with Gasteiger partial charge in [0.15, 0.2) is 0 Å². The van der Waals surface area contributed by atoms with Gasteiger partial charge in [0.05, 0.1) is 5.69 Å². The first-order valence-electron chi connectivity index (χ1n) is 5.59. The van der Waals surface area contributed by atoms with Crippen molar-refractivity contribution in [2.24, 2.45) is 4.99 Å². The van der Waals surface area contributed by atoms with Crippen LogP contribution >= 0.6 is 47.8 Å². The van der Waals surface area contributed by atoms with Crippen molar-refractivity contribution < 1.29 is 10.2 Å². The fourth-order valence-corrected chi connectivity index (χ4v) is 3.63. The highest BCUT2D eigenvalue weighted by molar-refractivity contribution is 9.11. The number of phenols is 2. The summed E-state index contributed by atoms with van der Waals surface area (Å²) in [5, 5.41) is 19.5. The van der Waals surface area contributed by atoms with Gasteiger partial charge in [-0.05, 0) is 68.6 Å². The third kappa shape index (κ3) is 3.42. The number of hydrogen-bond acceptors (Lipinski definition) is 3. The molecule has 2 aromatic rings. The molecule has 2 aromatic carbocycles. The Bertz CT molecular complexity index is 676. The smallest absolute Gasteiger partial charge is 0.127 e. The number of benzene rings is 2. The van der Waals surface area contributed by atoms with E-state index in [1.165, 1.54) is 0 Å². The first-order chi connectivity index (χ1) is 9.38. The molecule has 0 heterocycles. The fourth-order valence-electron chi connectivity index (χ4n) is 1.67. The Morgan fingerprint density at radius 3 is 2.20 bits per heavy atom. The normalized spacial score (nSPS) is 11.2. The maximum atomic E-state index is 10.0. The summed E-state index contributed by atoms with van der Waals surface area (Å²) in [5.74, 6) is 0.340. The van der Waals surface area contributed by atoms with Crippen LogP contribution in [0.4, 0.5) is 5.69 Å². The maximum Gasteiger partial charge on any atom is 0.127 e. The highest BCUT2D eigenvalue weighted by Gasteiger charge is 2.07. The molecular weight excluding hydrogens is 454 g/mol. The van der Waals surface area contributed by atoms with Gasteiger partial charge < -0.3 is 10.2 Å². The van der Waals surface area contributed by atoms with Gasteiger partial charge in [-0.3, -0.25) is 4.99 Å². The molecule has 104 valence electrons. The third-order valence-corrected chi connectivity index (χ3v) is 4.30. The lowest BCUT2D eigenvalue weighted by molar-refractivity contribution is 0.470. The van der Waals surface area contributed by atoms with Gasteiger partial charge in [-0.25, -0.2) is 0 Å². The minimum Gasteiger partial charge on any atom is -0.508 e. The number of aryl methyl sites for hydroxylation is 1. The lowest BCUT2D eigenvalue weighted by Crippen LogP contribution is -1.86. The van der Waals surface area contributed by atoms with Crippen LogP contribution in [-0.2, 0) is 0 Å². The molecule has 2 N–H and O–H groups in total. The van der Waals surface area contributed by atoms with E-state index in [1.54, 1.807) is 24.4 Å². The maximum absolute atomic E-state index is 10.0. The van der Waals surface area contributed by atoms with Crippen molar-refractivity contribution in [1.82, 2.24) is 0 Å². The Morgan fingerprint density at radius 2 is 1.60 bits per heavy atom. The molecule has 0 saturated heterocycles. The van der Waals surface area contributed by atoms with E-state index >= 15 is 0 Å². The molecule has 0 spiro atoms. The fraction of sp³-hybridized carbons (Fsp3) is 0.0714. The van der Waals surface area contributed by atoms with Crippen LogP contribution in [0.15, 0.2) is 42.7 Å². The van der Waals surface area contributed by atoms with Crippen LogP contribution < -0.4 is 0 Å². The first kappa shape index (κ1) is 15.5. The van der Waals surface area contributed by atoms with Gasteiger partial charge >= 0.3 is 0 Å². The zero-order valence-electron chi connectivity index (χ0n) is 10.4. The Kier molecular flexibility index (Phi) is 4.88. The standard InChI is InChI=1S/C14H10Br3NO2/c1-7-2-9(15)3-8(14(7)20)6-18-13-11(16)4-10(19)5-12(13)17/h2-6,19-20H,1H3. The lowest BCUT2D eigenvalue weighted by atomic mass is 10.1. The molecule has 6 heteroatoms. The van der Waals surface area contributed by atoms with Crippen molar-refractivity contribution in [3.8, 4) is 11.5 Å². The number of phenolic OH excluding ortho intramolecular Hbond substituents is 2. The summed E-state index contributed by atoms with van der Waals surface area (Å²) >= 11 is 10.1. The molecule has 0 aliphatic carbocycles. The van der Waals surface area contributed by atoms with E-state index < -0.39 is 0 Å². The van der Waals surface area contributed by atoms with Crippen molar-refractivity contribution >= 4 is 59.7 Å². The van der Waals surface area contributed by atoms with Crippen LogP contribution in [0.1, 0.15) is 11.1 Å². The summed E-state index contributed by atoms with van der Waals surface area (Å²) in [6.45, 7) is 1.82. The van der Waals surface area contributed by atoms with Gasteiger partial charge in [0.2, 0.25) is 0 Å². The lowest BCUT2D eigenvalue weighted by Gasteiger charge is -2.05. The molecule has 0 aliphatic heterocycles. The van der Waals surface area contributed by atoms with Crippen molar-refractivity contribution in [2.45, 2.75) is 6.92 Å². The SMILES string of the molecule is Cc1cc(Br)cc(C=Nc2c(Br)cc(O)cc2Br)c1O. The van der Waals surface area contributed by atoms with Gasteiger partial charge in [0.25, 0.3) is 0 Å². The minimum absolute atomic E-state index is 0.142. The van der Waals surface area contributed by atoms with Gasteiger partial charge in [0.1, 0.15) is 11.5 Å². The molecule has 0 fully saturated rings. The summed E-state index contributed by atoms with van der Waals surface area (Å²) in [4.78, 5) is 4.35. The molecule has 0 saturated carbocycles. The summed E-state index contributed by atoms with van der Waals surface area (Å²) in [5.41, 5.74) is 2.02. The Labute approximate surface area is 141 Å². The average molecular weight is 464 g/mol. The molecule has 0 atom stereocenters. The molecule has 0 radical (unpaired) electrons. The van der Waals surface area contributed by atoms with E-state index in [-0.39, 0.29) is 11.5 Å². The first-order valence-corrected chi connectivity index (χ1v) is 7.97. The average Bonchev–Trinajstić information content (AvgIpc) is 2.33. The molecule has 3 nitrogen and oxygen atoms in total. The van der Waals surface area contributed by atoms with E-state index in [0.29, 0.717) is 20.2 Å². The molecule has 0 aliphatic rings. The van der Waals surface area contributed by atoms with E-state index in [4.69, 9.17) is 0 Å². The predicted molar refractivity (Wildman–Crippen MR) is 91.3 cm³/mol. The number of rotatable bonds is 2. The number of aromatic hydroxyl groups is 2. The molecule has 2 rings (SSSR count). The molecule has 0 bridgehead atoms. The van der Waals surface area contributed by atoms with Gasteiger partial charge in [-0.15, -0.1) is 0 Å². The van der Waals surface area contributed by atoms with Crippen molar-refractivity contribution in [3.05, 3.63) is 48.8 Å². The predicted octanol–water partition coefficient (Wildman–Crippen LogP) is 5.44.